The van der Waals surface area contributed by atoms with E-state index in [1.165, 1.54) is 37.1 Å². The van der Waals surface area contributed by atoms with Gasteiger partial charge in [-0.15, -0.1) is 0 Å². The summed E-state index contributed by atoms with van der Waals surface area (Å²) >= 11 is 6.63. The Morgan fingerprint density at radius 3 is 2.42 bits per heavy atom. The van der Waals surface area contributed by atoms with Gasteiger partial charge in [-0.05, 0) is 83.4 Å². The van der Waals surface area contributed by atoms with E-state index in [-0.39, 0.29) is 12.1 Å². The average molecular weight is 450 g/mol. The average Bonchev–Trinajstić information content (AvgIpc) is 2.72. The molecule has 2 fully saturated rings. The van der Waals surface area contributed by atoms with Gasteiger partial charge in [0.2, 0.25) is 0 Å². The molecule has 5 nitrogen and oxygen atoms in total. The molecule has 31 heavy (non-hydrogen) atoms. The van der Waals surface area contributed by atoms with Gasteiger partial charge in [-0.25, -0.2) is 4.79 Å². The summed E-state index contributed by atoms with van der Waals surface area (Å²) in [7, 11) is 0. The Kier molecular flexibility index (Phi) is 8.51. The topological polar surface area (TPSA) is 44.8 Å². The van der Waals surface area contributed by atoms with Crippen LogP contribution in [0.5, 0.6) is 0 Å². The summed E-state index contributed by atoms with van der Waals surface area (Å²) in [5.74, 6) is 0.769. The van der Waals surface area contributed by atoms with Crippen LogP contribution in [0.1, 0.15) is 65.4 Å². The molecule has 174 valence electrons. The Morgan fingerprint density at radius 2 is 1.81 bits per heavy atom. The van der Waals surface area contributed by atoms with Crippen molar-refractivity contribution in [2.24, 2.45) is 5.92 Å². The van der Waals surface area contributed by atoms with E-state index in [2.05, 4.69) is 40.2 Å². The second-order valence-corrected chi connectivity index (χ2v) is 10.5. The summed E-state index contributed by atoms with van der Waals surface area (Å²) in [6, 6.07) is 6.67. The first-order chi connectivity index (χ1) is 14.7. The number of carbonyl (C=O) groups is 1. The van der Waals surface area contributed by atoms with Crippen LogP contribution in [-0.4, -0.2) is 55.4 Å². The lowest BCUT2D eigenvalue weighted by Gasteiger charge is -2.38. The van der Waals surface area contributed by atoms with Gasteiger partial charge in [0, 0.05) is 32.2 Å². The maximum atomic E-state index is 12.0. The third-order valence-corrected chi connectivity index (χ3v) is 7.01. The van der Waals surface area contributed by atoms with Crippen LogP contribution in [0.25, 0.3) is 0 Å². The zero-order valence-electron chi connectivity index (χ0n) is 19.8. The lowest BCUT2D eigenvalue weighted by Crippen LogP contribution is -2.47. The molecule has 1 aliphatic heterocycles. The molecule has 1 heterocycles. The van der Waals surface area contributed by atoms with Gasteiger partial charge in [0.25, 0.3) is 0 Å². The smallest absolute Gasteiger partial charge is 0.407 e. The zero-order valence-corrected chi connectivity index (χ0v) is 20.5. The lowest BCUT2D eigenvalue weighted by molar-refractivity contribution is 0.0486. The quantitative estimate of drug-likeness (QED) is 0.622. The van der Waals surface area contributed by atoms with Crippen molar-refractivity contribution in [1.82, 2.24) is 10.2 Å². The van der Waals surface area contributed by atoms with Gasteiger partial charge in [-0.3, -0.25) is 4.90 Å². The number of hydrogen-bond donors (Lipinski definition) is 1. The van der Waals surface area contributed by atoms with Gasteiger partial charge >= 0.3 is 6.09 Å². The van der Waals surface area contributed by atoms with Crippen molar-refractivity contribution in [3.8, 4) is 0 Å². The minimum absolute atomic E-state index is 0.262. The van der Waals surface area contributed by atoms with Gasteiger partial charge < -0.3 is 15.0 Å². The van der Waals surface area contributed by atoms with Crippen LogP contribution in [0, 0.1) is 5.92 Å². The van der Waals surface area contributed by atoms with Gasteiger partial charge in [0.15, 0.2) is 0 Å². The van der Waals surface area contributed by atoms with Crippen molar-refractivity contribution >= 4 is 23.4 Å². The summed E-state index contributed by atoms with van der Waals surface area (Å²) in [6.07, 6.45) is 6.46. The number of carbonyl (C=O) groups excluding carboxylic acids is 1. The standard InChI is InChI=1S/C25H40ClN3O2/c1-5-20-7-6-8-22(23(20)26)29-17-15-28(16-18-29)14-13-19-9-11-21(12-10-19)27-24(30)31-25(2,3)4/h6-8,19,21H,5,9-18H2,1-4H3,(H,27,30). The highest BCUT2D eigenvalue weighted by molar-refractivity contribution is 6.34. The summed E-state index contributed by atoms with van der Waals surface area (Å²) in [5.41, 5.74) is 1.99. The number of amides is 1. The summed E-state index contributed by atoms with van der Waals surface area (Å²) in [6.45, 7) is 13.3. The van der Waals surface area contributed by atoms with E-state index in [4.69, 9.17) is 16.3 Å². The molecule has 1 aromatic carbocycles. The summed E-state index contributed by atoms with van der Waals surface area (Å²) < 4.78 is 5.39. The van der Waals surface area contributed by atoms with Crippen molar-refractivity contribution in [3.05, 3.63) is 28.8 Å². The minimum atomic E-state index is -0.435. The van der Waals surface area contributed by atoms with Crippen molar-refractivity contribution in [2.45, 2.75) is 77.9 Å². The number of ether oxygens (including phenoxy) is 1. The summed E-state index contributed by atoms with van der Waals surface area (Å²) in [4.78, 5) is 17.0. The van der Waals surface area contributed by atoms with Crippen molar-refractivity contribution in [1.29, 1.82) is 0 Å². The van der Waals surface area contributed by atoms with E-state index in [0.717, 1.165) is 56.4 Å². The summed E-state index contributed by atoms with van der Waals surface area (Å²) in [5, 5.41) is 3.97. The van der Waals surface area contributed by atoms with E-state index in [0.29, 0.717) is 0 Å². The predicted molar refractivity (Wildman–Crippen MR) is 129 cm³/mol. The highest BCUT2D eigenvalue weighted by Crippen LogP contribution is 2.31. The van der Waals surface area contributed by atoms with E-state index in [1.54, 1.807) is 0 Å². The fourth-order valence-electron chi connectivity index (χ4n) is 4.73. The molecule has 0 spiro atoms. The van der Waals surface area contributed by atoms with E-state index >= 15 is 0 Å². The third kappa shape index (κ3) is 7.28. The molecular weight excluding hydrogens is 410 g/mol. The van der Waals surface area contributed by atoms with Gasteiger partial charge in [0.05, 0.1) is 10.7 Å². The molecule has 0 atom stereocenters. The monoisotopic (exact) mass is 449 g/mol. The Morgan fingerprint density at radius 1 is 1.13 bits per heavy atom. The molecule has 1 saturated heterocycles. The number of halogens is 1. The van der Waals surface area contributed by atoms with Crippen LogP contribution in [0.15, 0.2) is 18.2 Å². The lowest BCUT2D eigenvalue weighted by atomic mass is 9.84. The number of anilines is 1. The van der Waals surface area contributed by atoms with Gasteiger partial charge in [-0.1, -0.05) is 30.7 Å². The fraction of sp³-hybridized carbons (Fsp3) is 0.720. The molecule has 0 radical (unpaired) electrons. The Hall–Kier alpha value is -1.46. The number of rotatable bonds is 6. The fourth-order valence-corrected chi connectivity index (χ4v) is 5.11. The molecule has 0 aromatic heterocycles. The number of benzene rings is 1. The van der Waals surface area contributed by atoms with Crippen LogP contribution in [0.4, 0.5) is 10.5 Å². The van der Waals surface area contributed by atoms with Crippen molar-refractivity contribution in [3.63, 3.8) is 0 Å². The first-order valence-electron chi connectivity index (χ1n) is 12.0. The third-order valence-electron chi connectivity index (χ3n) is 6.57. The SMILES string of the molecule is CCc1cccc(N2CCN(CCC3CCC(NC(=O)OC(C)(C)C)CC3)CC2)c1Cl. The number of piperazine rings is 1. The second kappa shape index (κ2) is 10.9. The number of alkyl carbamates (subject to hydrolysis) is 1. The van der Waals surface area contributed by atoms with Gasteiger partial charge in [-0.2, -0.15) is 0 Å². The molecule has 6 heteroatoms. The maximum absolute atomic E-state index is 12.0. The zero-order chi connectivity index (χ0) is 22.4. The maximum Gasteiger partial charge on any atom is 0.407 e. The molecule has 2 aliphatic rings. The second-order valence-electron chi connectivity index (χ2n) is 10.1. The van der Waals surface area contributed by atoms with Crippen molar-refractivity contribution in [2.75, 3.05) is 37.6 Å². The van der Waals surface area contributed by atoms with Crippen LogP contribution < -0.4 is 10.2 Å². The van der Waals surface area contributed by atoms with E-state index in [9.17, 15) is 4.79 Å². The molecule has 1 N–H and O–H groups in total. The first-order valence-corrected chi connectivity index (χ1v) is 12.4. The van der Waals surface area contributed by atoms with Crippen LogP contribution in [0.3, 0.4) is 0 Å². The van der Waals surface area contributed by atoms with Gasteiger partial charge in [0.1, 0.15) is 5.60 Å². The van der Waals surface area contributed by atoms with Crippen LogP contribution in [-0.2, 0) is 11.2 Å². The number of nitrogens with zero attached hydrogens (tertiary/aromatic N) is 2. The predicted octanol–water partition coefficient (Wildman–Crippen LogP) is 5.50. The highest BCUT2D eigenvalue weighted by Gasteiger charge is 2.26. The number of aryl methyl sites for hydroxylation is 1. The molecule has 1 aromatic rings. The molecule has 0 bridgehead atoms. The Labute approximate surface area is 193 Å². The first kappa shape index (κ1) is 24.2. The molecule has 1 aliphatic carbocycles. The van der Waals surface area contributed by atoms with Crippen LogP contribution in [0.2, 0.25) is 5.02 Å². The molecular formula is C25H40ClN3O2. The number of hydrogen-bond acceptors (Lipinski definition) is 4. The van der Waals surface area contributed by atoms with Crippen LogP contribution >= 0.6 is 11.6 Å². The van der Waals surface area contributed by atoms with E-state index < -0.39 is 5.60 Å². The van der Waals surface area contributed by atoms with E-state index in [1.807, 2.05) is 20.8 Å². The normalized spacial score (nSPS) is 22.9. The Balaban J connectivity index is 1.35. The largest absolute Gasteiger partial charge is 0.444 e. The molecule has 1 amide bonds. The van der Waals surface area contributed by atoms with Crippen molar-refractivity contribution < 1.29 is 9.53 Å². The Bertz CT molecular complexity index is 718. The minimum Gasteiger partial charge on any atom is -0.444 e. The molecule has 1 saturated carbocycles. The molecule has 3 rings (SSSR count). The number of nitrogens with one attached hydrogen (secondary N) is 1. The highest BCUT2D eigenvalue weighted by atomic mass is 35.5. The molecule has 0 unspecified atom stereocenters.